The highest BCUT2D eigenvalue weighted by molar-refractivity contribution is 5.37. The van der Waals surface area contributed by atoms with E-state index in [0.29, 0.717) is 5.92 Å². The lowest BCUT2D eigenvalue weighted by molar-refractivity contribution is 0.889. The Morgan fingerprint density at radius 2 is 2.00 bits per heavy atom. The van der Waals surface area contributed by atoms with Crippen molar-refractivity contribution < 1.29 is 0 Å². The van der Waals surface area contributed by atoms with Crippen molar-refractivity contribution in [3.8, 4) is 0 Å². The van der Waals surface area contributed by atoms with Gasteiger partial charge in [-0.15, -0.1) is 0 Å². The molecule has 0 amide bonds. The van der Waals surface area contributed by atoms with Crippen LogP contribution in [0.5, 0.6) is 0 Å². The standard InChI is InChI=1S/C14H16N4/c1-15-13-9-12(8-10-4-6-16-7-5-10)17-14(18-13)11-2-3-11/h4-7,9,11H,2-3,8H2,1H3,(H,15,17,18). The summed E-state index contributed by atoms with van der Waals surface area (Å²) in [6.45, 7) is 0. The van der Waals surface area contributed by atoms with Crippen LogP contribution in [0.15, 0.2) is 30.6 Å². The second kappa shape index (κ2) is 4.72. The Labute approximate surface area is 107 Å². The molecule has 0 spiro atoms. The van der Waals surface area contributed by atoms with Gasteiger partial charge in [0.2, 0.25) is 0 Å². The third-order valence-corrected chi connectivity index (χ3v) is 3.13. The summed E-state index contributed by atoms with van der Waals surface area (Å²) in [5.74, 6) is 2.48. The molecular weight excluding hydrogens is 224 g/mol. The van der Waals surface area contributed by atoms with Gasteiger partial charge in [0.15, 0.2) is 0 Å². The molecule has 2 heterocycles. The molecule has 0 atom stereocenters. The molecule has 0 unspecified atom stereocenters. The first-order valence-corrected chi connectivity index (χ1v) is 6.29. The van der Waals surface area contributed by atoms with E-state index in [2.05, 4.69) is 20.3 Å². The molecule has 1 saturated carbocycles. The van der Waals surface area contributed by atoms with Gasteiger partial charge in [-0.25, -0.2) is 9.97 Å². The van der Waals surface area contributed by atoms with Crippen LogP contribution >= 0.6 is 0 Å². The van der Waals surface area contributed by atoms with Crippen molar-refractivity contribution in [2.45, 2.75) is 25.2 Å². The predicted molar refractivity (Wildman–Crippen MR) is 70.6 cm³/mol. The van der Waals surface area contributed by atoms with Crippen LogP contribution in [0.1, 0.15) is 35.8 Å². The molecule has 0 radical (unpaired) electrons. The summed E-state index contributed by atoms with van der Waals surface area (Å²) in [5, 5.41) is 3.11. The second-order valence-electron chi connectivity index (χ2n) is 4.66. The highest BCUT2D eigenvalue weighted by atomic mass is 15.0. The quantitative estimate of drug-likeness (QED) is 0.891. The number of nitrogens with zero attached hydrogens (tertiary/aromatic N) is 3. The molecular formula is C14H16N4. The van der Waals surface area contributed by atoms with Crippen LogP contribution in [0.3, 0.4) is 0 Å². The zero-order valence-electron chi connectivity index (χ0n) is 10.4. The van der Waals surface area contributed by atoms with E-state index in [1.54, 1.807) is 0 Å². The van der Waals surface area contributed by atoms with E-state index in [1.165, 1.54) is 18.4 Å². The Morgan fingerprint density at radius 1 is 1.22 bits per heavy atom. The van der Waals surface area contributed by atoms with Gasteiger partial charge in [0.25, 0.3) is 0 Å². The van der Waals surface area contributed by atoms with E-state index in [9.17, 15) is 0 Å². The van der Waals surface area contributed by atoms with Crippen molar-refractivity contribution in [3.63, 3.8) is 0 Å². The van der Waals surface area contributed by atoms with Crippen LogP contribution < -0.4 is 5.32 Å². The topological polar surface area (TPSA) is 50.7 Å². The molecule has 0 bridgehead atoms. The van der Waals surface area contributed by atoms with Crippen LogP contribution in [-0.4, -0.2) is 22.0 Å². The van der Waals surface area contributed by atoms with Gasteiger partial charge in [-0.3, -0.25) is 4.98 Å². The number of rotatable bonds is 4. The van der Waals surface area contributed by atoms with Crippen molar-refractivity contribution in [1.29, 1.82) is 0 Å². The number of hydrogen-bond acceptors (Lipinski definition) is 4. The lowest BCUT2D eigenvalue weighted by atomic mass is 10.1. The van der Waals surface area contributed by atoms with Gasteiger partial charge >= 0.3 is 0 Å². The molecule has 2 aromatic rings. The summed E-state index contributed by atoms with van der Waals surface area (Å²) >= 11 is 0. The molecule has 4 heteroatoms. The largest absolute Gasteiger partial charge is 0.373 e. The lowest BCUT2D eigenvalue weighted by Gasteiger charge is -2.07. The van der Waals surface area contributed by atoms with Crippen LogP contribution in [-0.2, 0) is 6.42 Å². The van der Waals surface area contributed by atoms with Crippen molar-refractivity contribution in [1.82, 2.24) is 15.0 Å². The van der Waals surface area contributed by atoms with Crippen LogP contribution in [0.2, 0.25) is 0 Å². The number of anilines is 1. The summed E-state index contributed by atoms with van der Waals surface area (Å²) in [6, 6.07) is 6.07. The van der Waals surface area contributed by atoms with Crippen molar-refractivity contribution in [2.75, 3.05) is 12.4 Å². The van der Waals surface area contributed by atoms with Gasteiger partial charge < -0.3 is 5.32 Å². The Hall–Kier alpha value is -1.97. The summed E-state index contributed by atoms with van der Waals surface area (Å²) in [7, 11) is 1.90. The average Bonchev–Trinajstić information content (AvgIpc) is 3.24. The molecule has 3 rings (SSSR count). The van der Waals surface area contributed by atoms with Gasteiger partial charge in [0.05, 0.1) is 5.69 Å². The molecule has 1 fully saturated rings. The molecule has 0 saturated heterocycles. The summed E-state index contributed by atoms with van der Waals surface area (Å²) in [5.41, 5.74) is 2.30. The maximum Gasteiger partial charge on any atom is 0.134 e. The van der Waals surface area contributed by atoms with Gasteiger partial charge in [-0.1, -0.05) is 0 Å². The minimum Gasteiger partial charge on any atom is -0.373 e. The molecule has 2 aromatic heterocycles. The molecule has 0 aliphatic heterocycles. The molecule has 92 valence electrons. The highest BCUT2D eigenvalue weighted by Crippen LogP contribution is 2.38. The van der Waals surface area contributed by atoms with Crippen molar-refractivity contribution in [2.24, 2.45) is 0 Å². The number of nitrogens with one attached hydrogen (secondary N) is 1. The van der Waals surface area contributed by atoms with Gasteiger partial charge in [-0.2, -0.15) is 0 Å². The lowest BCUT2D eigenvalue weighted by Crippen LogP contribution is -2.03. The third-order valence-electron chi connectivity index (χ3n) is 3.13. The van der Waals surface area contributed by atoms with E-state index in [0.717, 1.165) is 23.8 Å². The first-order valence-electron chi connectivity index (χ1n) is 6.29. The van der Waals surface area contributed by atoms with Gasteiger partial charge in [0.1, 0.15) is 11.6 Å². The Kier molecular flexibility index (Phi) is 2.92. The number of aromatic nitrogens is 3. The Morgan fingerprint density at radius 3 is 2.67 bits per heavy atom. The van der Waals surface area contributed by atoms with E-state index in [-0.39, 0.29) is 0 Å². The highest BCUT2D eigenvalue weighted by Gasteiger charge is 2.27. The summed E-state index contributed by atoms with van der Waals surface area (Å²) < 4.78 is 0. The first kappa shape index (κ1) is 11.1. The normalized spacial score (nSPS) is 14.5. The summed E-state index contributed by atoms with van der Waals surface area (Å²) in [4.78, 5) is 13.2. The van der Waals surface area contributed by atoms with E-state index in [1.807, 2.05) is 37.6 Å². The zero-order chi connectivity index (χ0) is 12.4. The molecule has 1 aliphatic rings. The van der Waals surface area contributed by atoms with E-state index in [4.69, 9.17) is 0 Å². The first-order chi connectivity index (χ1) is 8.85. The molecule has 4 nitrogen and oxygen atoms in total. The second-order valence-corrected chi connectivity index (χ2v) is 4.66. The van der Waals surface area contributed by atoms with Crippen molar-refractivity contribution in [3.05, 3.63) is 47.7 Å². The van der Waals surface area contributed by atoms with Crippen LogP contribution in [0.25, 0.3) is 0 Å². The van der Waals surface area contributed by atoms with E-state index >= 15 is 0 Å². The number of hydrogen-bond donors (Lipinski definition) is 1. The Balaban J connectivity index is 1.88. The fourth-order valence-electron chi connectivity index (χ4n) is 1.97. The fourth-order valence-corrected chi connectivity index (χ4v) is 1.97. The third kappa shape index (κ3) is 2.47. The SMILES string of the molecule is CNc1cc(Cc2ccncc2)nc(C2CC2)n1. The average molecular weight is 240 g/mol. The van der Waals surface area contributed by atoms with Crippen LogP contribution in [0.4, 0.5) is 5.82 Å². The van der Waals surface area contributed by atoms with Gasteiger partial charge in [0, 0.05) is 37.8 Å². The maximum atomic E-state index is 4.67. The van der Waals surface area contributed by atoms with Crippen molar-refractivity contribution >= 4 is 5.82 Å². The minimum atomic E-state index is 0.578. The maximum absolute atomic E-state index is 4.67. The minimum absolute atomic E-state index is 0.578. The Bertz CT molecular complexity index is 535. The molecule has 1 N–H and O–H groups in total. The smallest absolute Gasteiger partial charge is 0.134 e. The molecule has 1 aliphatic carbocycles. The monoisotopic (exact) mass is 240 g/mol. The number of pyridine rings is 1. The predicted octanol–water partition coefficient (Wildman–Crippen LogP) is 2.38. The van der Waals surface area contributed by atoms with Gasteiger partial charge in [-0.05, 0) is 30.5 Å². The zero-order valence-corrected chi connectivity index (χ0v) is 10.4. The molecule has 18 heavy (non-hydrogen) atoms. The van der Waals surface area contributed by atoms with E-state index < -0.39 is 0 Å². The fraction of sp³-hybridized carbons (Fsp3) is 0.357. The summed E-state index contributed by atoms with van der Waals surface area (Å²) in [6.07, 6.45) is 6.91. The molecule has 0 aromatic carbocycles. The van der Waals surface area contributed by atoms with Crippen LogP contribution in [0, 0.1) is 0 Å².